The minimum Gasteiger partial charge on any atom is -0.478 e. The van der Waals surface area contributed by atoms with Gasteiger partial charge in [-0.3, -0.25) is 0 Å². The van der Waals surface area contributed by atoms with Crippen LogP contribution in [0, 0.1) is 11.8 Å². The molecule has 0 saturated heterocycles. The van der Waals surface area contributed by atoms with Crippen LogP contribution in [0.1, 0.15) is 37.0 Å². The first kappa shape index (κ1) is 15.8. The summed E-state index contributed by atoms with van der Waals surface area (Å²) in [6, 6.07) is 3.61. The number of carbonyl (C=O) groups is 1. The largest absolute Gasteiger partial charge is 0.478 e. The maximum absolute atomic E-state index is 12.5. The molecular formula is C14H20N2O4S. The van der Waals surface area contributed by atoms with E-state index < -0.39 is 16.0 Å². The third kappa shape index (κ3) is 3.19. The summed E-state index contributed by atoms with van der Waals surface area (Å²) in [4.78, 5) is 10.9. The van der Waals surface area contributed by atoms with E-state index >= 15 is 0 Å². The fraction of sp³-hybridized carbons (Fsp3) is 0.500. The number of sulfonamides is 1. The Morgan fingerprint density at radius 2 is 2.00 bits per heavy atom. The smallest absolute Gasteiger partial charge is 0.337 e. The highest BCUT2D eigenvalue weighted by Gasteiger charge is 2.34. The monoisotopic (exact) mass is 312 g/mol. The number of nitrogens with two attached hydrogens (primary N) is 1. The molecule has 0 amide bonds. The number of carboxylic acid groups (broad SMARTS) is 1. The Kier molecular flexibility index (Phi) is 4.25. The third-order valence-corrected chi connectivity index (χ3v) is 5.83. The van der Waals surface area contributed by atoms with Crippen LogP contribution in [0.15, 0.2) is 23.1 Å². The van der Waals surface area contributed by atoms with Crippen molar-refractivity contribution in [2.24, 2.45) is 11.8 Å². The number of hydrogen-bond donors (Lipinski definition) is 3. The Hall–Kier alpha value is -1.60. The van der Waals surface area contributed by atoms with Crippen LogP contribution >= 0.6 is 0 Å². The van der Waals surface area contributed by atoms with Crippen molar-refractivity contribution in [1.82, 2.24) is 4.72 Å². The molecule has 1 fully saturated rings. The summed E-state index contributed by atoms with van der Waals surface area (Å²) in [6.45, 7) is 4.09. The zero-order chi connectivity index (χ0) is 15.8. The number of benzene rings is 1. The van der Waals surface area contributed by atoms with Crippen LogP contribution < -0.4 is 10.5 Å². The van der Waals surface area contributed by atoms with Crippen LogP contribution in [-0.4, -0.2) is 25.5 Å². The van der Waals surface area contributed by atoms with Gasteiger partial charge >= 0.3 is 5.97 Å². The lowest BCUT2D eigenvalue weighted by Gasteiger charge is -2.20. The van der Waals surface area contributed by atoms with Gasteiger partial charge in [-0.1, -0.05) is 13.8 Å². The summed E-state index contributed by atoms with van der Waals surface area (Å²) in [5.41, 5.74) is 5.54. The molecule has 1 saturated carbocycles. The summed E-state index contributed by atoms with van der Waals surface area (Å²) < 4.78 is 27.6. The van der Waals surface area contributed by atoms with Crippen molar-refractivity contribution in [2.45, 2.75) is 37.6 Å². The molecule has 7 heteroatoms. The Labute approximate surface area is 124 Å². The maximum Gasteiger partial charge on any atom is 0.337 e. The summed E-state index contributed by atoms with van der Waals surface area (Å²) in [5, 5.41) is 9.14. The van der Waals surface area contributed by atoms with Gasteiger partial charge in [0, 0.05) is 11.7 Å². The zero-order valence-corrected chi connectivity index (χ0v) is 12.9. The van der Waals surface area contributed by atoms with Crippen molar-refractivity contribution in [3.63, 3.8) is 0 Å². The van der Waals surface area contributed by atoms with Crippen LogP contribution in [0.25, 0.3) is 0 Å². The SMILES string of the molecule is CC1CCC(NS(=O)(=O)c2cc(N)ccc2C(=O)O)C1C. The molecule has 1 aromatic rings. The van der Waals surface area contributed by atoms with Crippen molar-refractivity contribution in [3.05, 3.63) is 23.8 Å². The molecule has 0 aromatic heterocycles. The van der Waals surface area contributed by atoms with E-state index in [1.165, 1.54) is 18.2 Å². The molecule has 4 N–H and O–H groups in total. The average Bonchev–Trinajstić information content (AvgIpc) is 2.70. The fourth-order valence-corrected chi connectivity index (χ4v) is 4.33. The van der Waals surface area contributed by atoms with E-state index in [4.69, 9.17) is 10.8 Å². The molecule has 6 nitrogen and oxygen atoms in total. The summed E-state index contributed by atoms with van der Waals surface area (Å²) in [5.74, 6) is -0.630. The predicted molar refractivity (Wildman–Crippen MR) is 79.5 cm³/mol. The van der Waals surface area contributed by atoms with Crippen LogP contribution in [0.4, 0.5) is 5.69 Å². The van der Waals surface area contributed by atoms with E-state index in [9.17, 15) is 13.2 Å². The van der Waals surface area contributed by atoms with Crippen molar-refractivity contribution in [2.75, 3.05) is 5.73 Å². The number of hydrogen-bond acceptors (Lipinski definition) is 4. The van der Waals surface area contributed by atoms with Crippen LogP contribution in [0.3, 0.4) is 0 Å². The van der Waals surface area contributed by atoms with E-state index in [1.54, 1.807) is 0 Å². The molecule has 0 radical (unpaired) electrons. The second-order valence-electron chi connectivity index (χ2n) is 5.70. The molecule has 0 heterocycles. The third-order valence-electron chi connectivity index (χ3n) is 4.30. The molecule has 0 aliphatic heterocycles. The molecule has 0 spiro atoms. The van der Waals surface area contributed by atoms with E-state index in [1.807, 2.05) is 6.92 Å². The maximum atomic E-state index is 12.5. The summed E-state index contributed by atoms with van der Waals surface area (Å²) in [6.07, 6.45) is 1.71. The number of carboxylic acids is 1. The highest BCUT2D eigenvalue weighted by Crippen LogP contribution is 2.32. The van der Waals surface area contributed by atoms with E-state index in [0.29, 0.717) is 5.92 Å². The minimum atomic E-state index is -3.91. The Morgan fingerprint density at radius 3 is 2.52 bits per heavy atom. The highest BCUT2D eigenvalue weighted by atomic mass is 32.2. The average molecular weight is 312 g/mol. The number of rotatable bonds is 4. The molecule has 2 rings (SSSR count). The molecule has 0 bridgehead atoms. The van der Waals surface area contributed by atoms with Gasteiger partial charge in [0.2, 0.25) is 10.0 Å². The molecule has 1 aromatic carbocycles. The van der Waals surface area contributed by atoms with Gasteiger partial charge in [0.1, 0.15) is 0 Å². The molecule has 116 valence electrons. The van der Waals surface area contributed by atoms with Gasteiger partial charge in [-0.05, 0) is 42.9 Å². The van der Waals surface area contributed by atoms with Crippen LogP contribution in [0.2, 0.25) is 0 Å². The number of aromatic carboxylic acids is 1. The van der Waals surface area contributed by atoms with Gasteiger partial charge in [0.05, 0.1) is 10.5 Å². The topological polar surface area (TPSA) is 109 Å². The second kappa shape index (κ2) is 5.65. The molecule has 3 atom stereocenters. The second-order valence-corrected chi connectivity index (χ2v) is 7.38. The van der Waals surface area contributed by atoms with Gasteiger partial charge in [-0.2, -0.15) is 0 Å². The molecule has 21 heavy (non-hydrogen) atoms. The quantitative estimate of drug-likeness (QED) is 0.733. The summed E-state index contributed by atoms with van der Waals surface area (Å²) >= 11 is 0. The fourth-order valence-electron chi connectivity index (χ4n) is 2.73. The zero-order valence-electron chi connectivity index (χ0n) is 12.0. The molecule has 3 unspecified atom stereocenters. The van der Waals surface area contributed by atoms with Crippen molar-refractivity contribution >= 4 is 21.7 Å². The number of anilines is 1. The van der Waals surface area contributed by atoms with Crippen molar-refractivity contribution in [3.8, 4) is 0 Å². The molecular weight excluding hydrogens is 292 g/mol. The lowest BCUT2D eigenvalue weighted by molar-refractivity contribution is 0.0692. The van der Waals surface area contributed by atoms with E-state index in [0.717, 1.165) is 12.8 Å². The van der Waals surface area contributed by atoms with Crippen molar-refractivity contribution < 1.29 is 18.3 Å². The van der Waals surface area contributed by atoms with Gasteiger partial charge in [-0.25, -0.2) is 17.9 Å². The van der Waals surface area contributed by atoms with E-state index in [-0.39, 0.29) is 28.1 Å². The van der Waals surface area contributed by atoms with Crippen LogP contribution in [-0.2, 0) is 10.0 Å². The predicted octanol–water partition coefficient (Wildman–Crippen LogP) is 1.68. The first-order valence-electron chi connectivity index (χ1n) is 6.87. The minimum absolute atomic E-state index is 0.173. The van der Waals surface area contributed by atoms with Gasteiger partial charge in [0.15, 0.2) is 0 Å². The van der Waals surface area contributed by atoms with Gasteiger partial charge in [-0.15, -0.1) is 0 Å². The Bertz CT molecular complexity index is 657. The van der Waals surface area contributed by atoms with Crippen molar-refractivity contribution in [1.29, 1.82) is 0 Å². The Balaban J connectivity index is 2.36. The number of nitrogens with one attached hydrogen (secondary N) is 1. The Morgan fingerprint density at radius 1 is 1.33 bits per heavy atom. The lowest BCUT2D eigenvalue weighted by Crippen LogP contribution is -2.38. The van der Waals surface area contributed by atoms with E-state index in [2.05, 4.69) is 11.6 Å². The number of nitrogen functional groups attached to an aromatic ring is 1. The summed E-state index contributed by atoms with van der Waals surface area (Å²) in [7, 11) is -3.91. The standard InChI is InChI=1S/C14H20N2O4S/c1-8-3-6-12(9(8)2)16-21(19,20)13-7-10(15)4-5-11(13)14(17)18/h4-5,7-9,12,16H,3,6,15H2,1-2H3,(H,17,18). The van der Waals surface area contributed by atoms with Gasteiger partial charge in [0.25, 0.3) is 0 Å². The first-order chi connectivity index (χ1) is 9.72. The molecule has 1 aliphatic carbocycles. The first-order valence-corrected chi connectivity index (χ1v) is 8.36. The van der Waals surface area contributed by atoms with Crippen LogP contribution in [0.5, 0.6) is 0 Å². The highest BCUT2D eigenvalue weighted by molar-refractivity contribution is 7.89. The lowest BCUT2D eigenvalue weighted by atomic mass is 9.98. The van der Waals surface area contributed by atoms with Gasteiger partial charge < -0.3 is 10.8 Å². The molecule has 1 aliphatic rings. The normalized spacial score (nSPS) is 25.9.